The Balaban J connectivity index is 1.59. The molecular formula is C18H24N4OS. The van der Waals surface area contributed by atoms with Crippen molar-refractivity contribution < 1.29 is 4.79 Å². The molecule has 2 amide bonds. The second-order valence-corrected chi connectivity index (χ2v) is 7.61. The lowest BCUT2D eigenvalue weighted by Gasteiger charge is -2.37. The van der Waals surface area contributed by atoms with E-state index in [1.165, 1.54) is 5.56 Å². The van der Waals surface area contributed by atoms with E-state index in [0.717, 1.165) is 24.7 Å². The monoisotopic (exact) mass is 344 g/mol. The van der Waals surface area contributed by atoms with Gasteiger partial charge in [0.15, 0.2) is 0 Å². The third-order valence-electron chi connectivity index (χ3n) is 4.54. The molecule has 1 saturated heterocycles. The second-order valence-electron chi connectivity index (χ2n) is 6.13. The van der Waals surface area contributed by atoms with Crippen LogP contribution in [0.25, 0.3) is 0 Å². The first-order chi connectivity index (χ1) is 11.6. The van der Waals surface area contributed by atoms with Gasteiger partial charge in [-0.05, 0) is 12.5 Å². The first-order valence-electron chi connectivity index (χ1n) is 8.35. The van der Waals surface area contributed by atoms with Crippen LogP contribution in [-0.2, 0) is 13.1 Å². The Kier molecular flexibility index (Phi) is 5.45. The molecule has 1 aliphatic rings. The molecule has 1 N–H and O–H groups in total. The van der Waals surface area contributed by atoms with Crippen LogP contribution < -0.4 is 5.32 Å². The summed E-state index contributed by atoms with van der Waals surface area (Å²) in [7, 11) is 0. The molecule has 0 aliphatic carbocycles. The second kappa shape index (κ2) is 7.75. The first kappa shape index (κ1) is 16.9. The molecule has 3 rings (SSSR count). The van der Waals surface area contributed by atoms with Crippen LogP contribution in [0.4, 0.5) is 4.79 Å². The van der Waals surface area contributed by atoms with Crippen molar-refractivity contribution in [1.82, 2.24) is 19.8 Å². The SMILES string of the molecule is C[C@@H]1SCCN(C(=O)NCc2nccn2Cc2ccccc2)[C@@H]1C. The number of rotatable bonds is 4. The predicted molar refractivity (Wildman–Crippen MR) is 98.1 cm³/mol. The fourth-order valence-electron chi connectivity index (χ4n) is 2.91. The average Bonchev–Trinajstić information content (AvgIpc) is 3.03. The van der Waals surface area contributed by atoms with E-state index in [1.54, 1.807) is 6.20 Å². The summed E-state index contributed by atoms with van der Waals surface area (Å²) in [6.45, 7) is 6.32. The third kappa shape index (κ3) is 3.93. The molecule has 1 aliphatic heterocycles. The van der Waals surface area contributed by atoms with Crippen LogP contribution in [0.3, 0.4) is 0 Å². The van der Waals surface area contributed by atoms with Crippen LogP contribution in [0.2, 0.25) is 0 Å². The van der Waals surface area contributed by atoms with Crippen molar-refractivity contribution in [3.8, 4) is 0 Å². The van der Waals surface area contributed by atoms with Crippen LogP contribution in [0.5, 0.6) is 0 Å². The number of nitrogens with one attached hydrogen (secondary N) is 1. The van der Waals surface area contributed by atoms with Gasteiger partial charge in [-0.25, -0.2) is 9.78 Å². The van der Waals surface area contributed by atoms with Gasteiger partial charge in [-0.1, -0.05) is 37.3 Å². The van der Waals surface area contributed by atoms with Gasteiger partial charge in [0.05, 0.1) is 6.54 Å². The molecule has 2 aromatic rings. The lowest BCUT2D eigenvalue weighted by molar-refractivity contribution is 0.179. The zero-order chi connectivity index (χ0) is 16.9. The van der Waals surface area contributed by atoms with E-state index in [1.807, 2.05) is 41.1 Å². The molecule has 0 unspecified atom stereocenters. The number of hydrogen-bond donors (Lipinski definition) is 1. The van der Waals surface area contributed by atoms with Crippen molar-refractivity contribution in [2.24, 2.45) is 0 Å². The zero-order valence-corrected chi connectivity index (χ0v) is 15.0. The maximum Gasteiger partial charge on any atom is 0.318 e. The van der Waals surface area contributed by atoms with Gasteiger partial charge in [0.1, 0.15) is 5.82 Å². The fraction of sp³-hybridized carbons (Fsp3) is 0.444. The predicted octanol–water partition coefficient (Wildman–Crippen LogP) is 2.97. The van der Waals surface area contributed by atoms with Gasteiger partial charge in [0, 0.05) is 42.5 Å². The summed E-state index contributed by atoms with van der Waals surface area (Å²) in [5.74, 6) is 1.88. The topological polar surface area (TPSA) is 50.2 Å². The van der Waals surface area contributed by atoms with Crippen molar-refractivity contribution >= 4 is 17.8 Å². The van der Waals surface area contributed by atoms with Gasteiger partial charge in [-0.15, -0.1) is 0 Å². The minimum absolute atomic E-state index is 0.00362. The lowest BCUT2D eigenvalue weighted by atomic mass is 10.2. The molecule has 128 valence electrons. The largest absolute Gasteiger partial charge is 0.331 e. The molecule has 5 nitrogen and oxygen atoms in total. The molecule has 0 spiro atoms. The first-order valence-corrected chi connectivity index (χ1v) is 9.40. The summed E-state index contributed by atoms with van der Waals surface area (Å²) in [5.41, 5.74) is 1.22. The van der Waals surface area contributed by atoms with Crippen molar-refractivity contribution in [1.29, 1.82) is 0 Å². The number of aromatic nitrogens is 2. The average molecular weight is 344 g/mol. The summed E-state index contributed by atoms with van der Waals surface area (Å²) >= 11 is 1.93. The molecule has 6 heteroatoms. The van der Waals surface area contributed by atoms with Crippen LogP contribution in [0.15, 0.2) is 42.7 Å². The van der Waals surface area contributed by atoms with Crippen molar-refractivity contribution in [3.63, 3.8) is 0 Å². The third-order valence-corrected chi connectivity index (χ3v) is 5.88. The maximum absolute atomic E-state index is 12.5. The van der Waals surface area contributed by atoms with Gasteiger partial charge in [0.2, 0.25) is 0 Å². The number of hydrogen-bond acceptors (Lipinski definition) is 3. The summed E-state index contributed by atoms with van der Waals surface area (Å²) in [4.78, 5) is 18.8. The van der Waals surface area contributed by atoms with E-state index in [4.69, 9.17) is 0 Å². The van der Waals surface area contributed by atoms with Crippen LogP contribution >= 0.6 is 11.8 Å². The van der Waals surface area contributed by atoms with Gasteiger partial charge >= 0.3 is 6.03 Å². The molecule has 1 aromatic carbocycles. The van der Waals surface area contributed by atoms with E-state index in [0.29, 0.717) is 11.8 Å². The number of benzene rings is 1. The summed E-state index contributed by atoms with van der Waals surface area (Å²) in [6, 6.07) is 10.5. The lowest BCUT2D eigenvalue weighted by Crippen LogP contribution is -2.51. The Morgan fingerprint density at radius 1 is 1.33 bits per heavy atom. The van der Waals surface area contributed by atoms with Gasteiger partial charge in [0.25, 0.3) is 0 Å². The number of urea groups is 1. The Hall–Kier alpha value is -1.95. The highest BCUT2D eigenvalue weighted by Crippen LogP contribution is 2.24. The Morgan fingerprint density at radius 3 is 2.92 bits per heavy atom. The highest BCUT2D eigenvalue weighted by atomic mass is 32.2. The summed E-state index contributed by atoms with van der Waals surface area (Å²) in [6.07, 6.45) is 3.74. The highest BCUT2D eigenvalue weighted by molar-refractivity contribution is 8.00. The number of amides is 2. The summed E-state index contributed by atoms with van der Waals surface area (Å²) in [5, 5.41) is 3.50. The van der Waals surface area contributed by atoms with E-state index in [2.05, 4.69) is 40.8 Å². The van der Waals surface area contributed by atoms with E-state index in [9.17, 15) is 4.79 Å². The standard InChI is InChI=1S/C18H24N4OS/c1-14-15(2)24-11-10-22(14)18(23)20-12-17-19-8-9-21(17)13-16-6-4-3-5-7-16/h3-9,14-15H,10-13H2,1-2H3,(H,20,23)/t14-,15+/m1/s1. The maximum atomic E-state index is 12.5. The van der Waals surface area contributed by atoms with Crippen LogP contribution in [0.1, 0.15) is 25.2 Å². The number of carbonyl (C=O) groups excluding carboxylic acids is 1. The molecule has 0 radical (unpaired) electrons. The molecule has 1 aromatic heterocycles. The quantitative estimate of drug-likeness (QED) is 0.928. The zero-order valence-electron chi connectivity index (χ0n) is 14.2. The van der Waals surface area contributed by atoms with Gasteiger partial charge < -0.3 is 14.8 Å². The van der Waals surface area contributed by atoms with E-state index >= 15 is 0 Å². The van der Waals surface area contributed by atoms with Crippen molar-refractivity contribution in [2.45, 2.75) is 38.2 Å². The van der Waals surface area contributed by atoms with Crippen molar-refractivity contribution in [3.05, 3.63) is 54.1 Å². The molecular weight excluding hydrogens is 320 g/mol. The minimum atomic E-state index is 0.00362. The minimum Gasteiger partial charge on any atom is -0.331 e. The normalized spacial score (nSPS) is 20.8. The number of imidazole rings is 1. The Bertz CT molecular complexity index is 673. The van der Waals surface area contributed by atoms with Crippen LogP contribution in [-0.4, -0.2) is 44.1 Å². The van der Waals surface area contributed by atoms with Gasteiger partial charge in [-0.2, -0.15) is 11.8 Å². The molecule has 1 fully saturated rings. The Labute approximate surface area is 147 Å². The van der Waals surface area contributed by atoms with Crippen molar-refractivity contribution in [2.75, 3.05) is 12.3 Å². The summed E-state index contributed by atoms with van der Waals surface area (Å²) < 4.78 is 2.08. The van der Waals surface area contributed by atoms with E-state index < -0.39 is 0 Å². The number of carbonyl (C=O) groups is 1. The number of thioether (sulfide) groups is 1. The highest BCUT2D eigenvalue weighted by Gasteiger charge is 2.28. The smallest absolute Gasteiger partial charge is 0.318 e. The molecule has 2 atom stereocenters. The van der Waals surface area contributed by atoms with Gasteiger partial charge in [-0.3, -0.25) is 0 Å². The molecule has 24 heavy (non-hydrogen) atoms. The Morgan fingerprint density at radius 2 is 2.12 bits per heavy atom. The number of nitrogens with zero attached hydrogens (tertiary/aromatic N) is 3. The molecule has 0 bridgehead atoms. The fourth-order valence-corrected chi connectivity index (χ4v) is 4.01. The van der Waals surface area contributed by atoms with E-state index in [-0.39, 0.29) is 12.1 Å². The van der Waals surface area contributed by atoms with Crippen LogP contribution in [0, 0.1) is 0 Å². The molecule has 2 heterocycles. The molecule has 0 saturated carbocycles.